The first-order valence-electron chi connectivity index (χ1n) is 4.64. The van der Waals surface area contributed by atoms with Crippen molar-refractivity contribution in [3.63, 3.8) is 0 Å². The van der Waals surface area contributed by atoms with E-state index in [4.69, 9.17) is 0 Å². The minimum atomic E-state index is -0.0835. The van der Waals surface area contributed by atoms with Crippen molar-refractivity contribution in [2.24, 2.45) is 5.92 Å². The monoisotopic (exact) mass is 196 g/mol. The second-order valence-electron chi connectivity index (χ2n) is 3.46. The summed E-state index contributed by atoms with van der Waals surface area (Å²) in [5.41, 5.74) is 1.93. The molecule has 1 atom stereocenters. The highest BCUT2D eigenvalue weighted by Crippen LogP contribution is 2.05. The van der Waals surface area contributed by atoms with Gasteiger partial charge < -0.3 is 5.32 Å². The third-order valence-corrected chi connectivity index (χ3v) is 2.35. The summed E-state index contributed by atoms with van der Waals surface area (Å²) in [4.78, 5) is 11.3. The molecule has 0 radical (unpaired) electrons. The Morgan fingerprint density at radius 1 is 1.57 bits per heavy atom. The van der Waals surface area contributed by atoms with Gasteiger partial charge in [-0.1, -0.05) is 12.1 Å². The van der Waals surface area contributed by atoms with Crippen LogP contribution in [0.1, 0.15) is 18.3 Å². The molecule has 14 heavy (non-hydrogen) atoms. The van der Waals surface area contributed by atoms with Gasteiger partial charge in [-0.25, -0.2) is 4.68 Å². The zero-order valence-corrected chi connectivity index (χ0v) is 9.03. The normalized spacial score (nSPS) is 12.6. The van der Waals surface area contributed by atoms with Crippen molar-refractivity contribution in [1.29, 1.82) is 0 Å². The van der Waals surface area contributed by atoms with Gasteiger partial charge in [0.2, 0.25) is 5.91 Å². The fourth-order valence-electron chi connectivity index (χ4n) is 1.21. The van der Waals surface area contributed by atoms with Gasteiger partial charge in [0.05, 0.1) is 23.9 Å². The first kappa shape index (κ1) is 10.7. The lowest BCUT2D eigenvalue weighted by Crippen LogP contribution is -2.29. The van der Waals surface area contributed by atoms with Gasteiger partial charge in [0.15, 0.2) is 0 Å². The molecule has 1 heterocycles. The number of aromatic nitrogens is 3. The third kappa shape index (κ3) is 2.10. The minimum Gasteiger partial charge on any atom is -0.359 e. The summed E-state index contributed by atoms with van der Waals surface area (Å²) in [5.74, 6) is -0.0580. The molecule has 1 rings (SSSR count). The summed E-state index contributed by atoms with van der Waals surface area (Å²) < 4.78 is 1.76. The number of hydrogen-bond donors (Lipinski definition) is 1. The Hall–Kier alpha value is -1.39. The number of rotatable bonds is 3. The predicted molar refractivity (Wildman–Crippen MR) is 52.7 cm³/mol. The SMILES string of the molecule is CNC(=O)C(C)Cn1nnc(C)c1C. The van der Waals surface area contributed by atoms with Crippen LogP contribution in [0.3, 0.4) is 0 Å². The van der Waals surface area contributed by atoms with E-state index in [1.54, 1.807) is 11.7 Å². The molecule has 1 N–H and O–H groups in total. The van der Waals surface area contributed by atoms with E-state index >= 15 is 0 Å². The first-order chi connectivity index (χ1) is 6.56. The zero-order valence-electron chi connectivity index (χ0n) is 9.03. The Morgan fingerprint density at radius 3 is 2.64 bits per heavy atom. The summed E-state index contributed by atoms with van der Waals surface area (Å²) in [7, 11) is 1.64. The molecule has 0 saturated heterocycles. The lowest BCUT2D eigenvalue weighted by atomic mass is 10.1. The Bertz CT molecular complexity index is 332. The highest BCUT2D eigenvalue weighted by Gasteiger charge is 2.14. The molecule has 0 spiro atoms. The molecule has 1 unspecified atom stereocenters. The number of nitrogens with zero attached hydrogens (tertiary/aromatic N) is 3. The Morgan fingerprint density at radius 2 is 2.21 bits per heavy atom. The highest BCUT2D eigenvalue weighted by atomic mass is 16.1. The van der Waals surface area contributed by atoms with Crippen molar-refractivity contribution in [2.75, 3.05) is 7.05 Å². The molecule has 0 saturated carbocycles. The standard InChI is InChI=1S/C9H16N4O/c1-6(9(14)10-4)5-13-8(3)7(2)11-12-13/h6H,5H2,1-4H3,(H,10,14). The van der Waals surface area contributed by atoms with Crippen LogP contribution in [0.25, 0.3) is 0 Å². The molecular formula is C9H16N4O. The molecule has 1 amide bonds. The Kier molecular flexibility index (Phi) is 3.22. The van der Waals surface area contributed by atoms with Crippen LogP contribution in [0.4, 0.5) is 0 Å². The number of amides is 1. The van der Waals surface area contributed by atoms with Gasteiger partial charge >= 0.3 is 0 Å². The van der Waals surface area contributed by atoms with Crippen molar-refractivity contribution in [3.05, 3.63) is 11.4 Å². The van der Waals surface area contributed by atoms with Crippen molar-refractivity contribution in [3.8, 4) is 0 Å². The number of aryl methyl sites for hydroxylation is 1. The average molecular weight is 196 g/mol. The summed E-state index contributed by atoms with van der Waals surface area (Å²) in [5, 5.41) is 10.5. The smallest absolute Gasteiger partial charge is 0.224 e. The van der Waals surface area contributed by atoms with Crippen LogP contribution in [-0.4, -0.2) is 27.9 Å². The van der Waals surface area contributed by atoms with Crippen LogP contribution in [0.15, 0.2) is 0 Å². The molecular weight excluding hydrogens is 180 g/mol. The zero-order chi connectivity index (χ0) is 10.7. The van der Waals surface area contributed by atoms with Crippen LogP contribution < -0.4 is 5.32 Å². The molecule has 78 valence electrons. The van der Waals surface area contributed by atoms with E-state index in [-0.39, 0.29) is 11.8 Å². The molecule has 0 aliphatic carbocycles. The van der Waals surface area contributed by atoms with Crippen LogP contribution >= 0.6 is 0 Å². The van der Waals surface area contributed by atoms with E-state index < -0.39 is 0 Å². The maximum Gasteiger partial charge on any atom is 0.224 e. The number of hydrogen-bond acceptors (Lipinski definition) is 3. The fraction of sp³-hybridized carbons (Fsp3) is 0.667. The van der Waals surface area contributed by atoms with Crippen molar-refractivity contribution in [2.45, 2.75) is 27.3 Å². The molecule has 0 aliphatic heterocycles. The number of carbonyl (C=O) groups is 1. The summed E-state index contributed by atoms with van der Waals surface area (Å²) in [6.45, 7) is 6.30. The summed E-state index contributed by atoms with van der Waals surface area (Å²) in [6, 6.07) is 0. The van der Waals surface area contributed by atoms with Gasteiger partial charge in [-0.05, 0) is 13.8 Å². The molecule has 1 aromatic heterocycles. The van der Waals surface area contributed by atoms with Crippen LogP contribution in [0, 0.1) is 19.8 Å². The molecule has 0 bridgehead atoms. The van der Waals surface area contributed by atoms with Gasteiger partial charge in [0.1, 0.15) is 0 Å². The molecule has 0 aliphatic rings. The lowest BCUT2D eigenvalue weighted by Gasteiger charge is -2.10. The first-order valence-corrected chi connectivity index (χ1v) is 4.64. The van der Waals surface area contributed by atoms with E-state index in [0.717, 1.165) is 11.4 Å². The molecule has 5 heteroatoms. The fourth-order valence-corrected chi connectivity index (χ4v) is 1.21. The third-order valence-electron chi connectivity index (χ3n) is 2.35. The largest absolute Gasteiger partial charge is 0.359 e. The minimum absolute atomic E-state index is 0.0255. The highest BCUT2D eigenvalue weighted by molar-refractivity contribution is 5.77. The lowest BCUT2D eigenvalue weighted by molar-refractivity contribution is -0.124. The van der Waals surface area contributed by atoms with Crippen LogP contribution in [0.5, 0.6) is 0 Å². The number of carbonyl (C=O) groups excluding carboxylic acids is 1. The second-order valence-corrected chi connectivity index (χ2v) is 3.46. The summed E-state index contributed by atoms with van der Waals surface area (Å²) >= 11 is 0. The summed E-state index contributed by atoms with van der Waals surface area (Å²) in [6.07, 6.45) is 0. The maximum atomic E-state index is 11.3. The van der Waals surface area contributed by atoms with Gasteiger partial charge in [0.25, 0.3) is 0 Å². The van der Waals surface area contributed by atoms with Crippen molar-refractivity contribution in [1.82, 2.24) is 20.3 Å². The van der Waals surface area contributed by atoms with E-state index in [0.29, 0.717) is 6.54 Å². The van der Waals surface area contributed by atoms with Gasteiger partial charge in [-0.2, -0.15) is 0 Å². The van der Waals surface area contributed by atoms with Gasteiger partial charge in [-0.15, -0.1) is 5.10 Å². The number of nitrogens with one attached hydrogen (secondary N) is 1. The van der Waals surface area contributed by atoms with Gasteiger partial charge in [-0.3, -0.25) is 4.79 Å². The van der Waals surface area contributed by atoms with Gasteiger partial charge in [0, 0.05) is 7.05 Å². The quantitative estimate of drug-likeness (QED) is 0.755. The van der Waals surface area contributed by atoms with E-state index in [1.807, 2.05) is 20.8 Å². The molecule has 0 aromatic carbocycles. The van der Waals surface area contributed by atoms with Crippen LogP contribution in [-0.2, 0) is 11.3 Å². The van der Waals surface area contributed by atoms with E-state index in [9.17, 15) is 4.79 Å². The van der Waals surface area contributed by atoms with Crippen molar-refractivity contribution < 1.29 is 4.79 Å². The van der Waals surface area contributed by atoms with E-state index in [2.05, 4.69) is 15.6 Å². The second kappa shape index (κ2) is 4.21. The Balaban J connectivity index is 2.69. The maximum absolute atomic E-state index is 11.3. The van der Waals surface area contributed by atoms with E-state index in [1.165, 1.54) is 0 Å². The van der Waals surface area contributed by atoms with Crippen LogP contribution in [0.2, 0.25) is 0 Å². The van der Waals surface area contributed by atoms with Crippen molar-refractivity contribution >= 4 is 5.91 Å². The molecule has 5 nitrogen and oxygen atoms in total. The average Bonchev–Trinajstić information content (AvgIpc) is 2.48. The Labute approximate surface area is 83.5 Å². The topological polar surface area (TPSA) is 59.8 Å². The predicted octanol–water partition coefficient (Wildman–Crippen LogP) is 0.277. The molecule has 1 aromatic rings. The molecule has 0 fully saturated rings.